The van der Waals surface area contributed by atoms with Gasteiger partial charge in [0.25, 0.3) is 0 Å². The fourth-order valence-electron chi connectivity index (χ4n) is 3.75. The summed E-state index contributed by atoms with van der Waals surface area (Å²) in [6.07, 6.45) is 10.2. The Bertz CT molecular complexity index is 215. The Morgan fingerprint density at radius 2 is 1.78 bits per heavy atom. The Morgan fingerprint density at radius 3 is 2.44 bits per heavy atom. The van der Waals surface area contributed by atoms with E-state index in [1.807, 2.05) is 0 Å². The molecule has 1 aliphatic carbocycles. The maximum atomic E-state index is 3.50. The van der Waals surface area contributed by atoms with E-state index in [0.29, 0.717) is 6.04 Å². The van der Waals surface area contributed by atoms with E-state index in [0.717, 1.165) is 11.8 Å². The lowest BCUT2D eigenvalue weighted by Gasteiger charge is -2.41. The number of nitrogens with zero attached hydrogens (tertiary/aromatic N) is 1. The van der Waals surface area contributed by atoms with E-state index in [1.54, 1.807) is 0 Å². The van der Waals surface area contributed by atoms with Gasteiger partial charge in [-0.05, 0) is 57.0 Å². The second-order valence-electron chi connectivity index (χ2n) is 6.83. The molecule has 2 nitrogen and oxygen atoms in total. The summed E-state index contributed by atoms with van der Waals surface area (Å²) in [5.41, 5.74) is 0. The number of likely N-dealkylation sites (tertiary alicyclic amines) is 1. The van der Waals surface area contributed by atoms with Gasteiger partial charge >= 0.3 is 0 Å². The highest BCUT2D eigenvalue weighted by molar-refractivity contribution is 4.83. The van der Waals surface area contributed by atoms with Crippen LogP contribution in [0.5, 0.6) is 0 Å². The molecule has 2 bridgehead atoms. The minimum atomic E-state index is 0.645. The Hall–Kier alpha value is -0.0800. The lowest BCUT2D eigenvalue weighted by atomic mass is 9.78. The Balaban J connectivity index is 1.51. The smallest absolute Gasteiger partial charge is 0.00103 e. The van der Waals surface area contributed by atoms with E-state index in [-0.39, 0.29) is 0 Å². The summed E-state index contributed by atoms with van der Waals surface area (Å²) in [4.78, 5) is 2.76. The van der Waals surface area contributed by atoms with Gasteiger partial charge in [0.1, 0.15) is 0 Å². The van der Waals surface area contributed by atoms with E-state index in [9.17, 15) is 0 Å². The molecule has 2 fully saturated rings. The molecule has 0 aromatic heterocycles. The van der Waals surface area contributed by atoms with Crippen LogP contribution in [0.1, 0.15) is 58.8 Å². The van der Waals surface area contributed by atoms with Crippen molar-refractivity contribution in [3.8, 4) is 0 Å². The number of fused-ring (bicyclic) bond motifs is 2. The van der Waals surface area contributed by atoms with Gasteiger partial charge in [0.05, 0.1) is 0 Å². The van der Waals surface area contributed by atoms with Crippen LogP contribution in [-0.4, -0.2) is 37.1 Å². The van der Waals surface area contributed by atoms with E-state index in [2.05, 4.69) is 24.1 Å². The van der Waals surface area contributed by atoms with Crippen molar-refractivity contribution in [3.63, 3.8) is 0 Å². The molecule has 2 atom stereocenters. The highest BCUT2D eigenvalue weighted by Gasteiger charge is 2.29. The number of piperidine rings is 1. The predicted octanol–water partition coefficient (Wildman–Crippen LogP) is 3.28. The molecule has 0 radical (unpaired) electrons. The third-order valence-corrected chi connectivity index (χ3v) is 4.63. The fourth-order valence-corrected chi connectivity index (χ4v) is 3.75. The first-order chi connectivity index (χ1) is 8.74. The lowest BCUT2D eigenvalue weighted by Crippen LogP contribution is -2.42. The Labute approximate surface area is 114 Å². The number of hydrogen-bond acceptors (Lipinski definition) is 2. The highest BCUT2D eigenvalue weighted by Crippen LogP contribution is 2.34. The van der Waals surface area contributed by atoms with Gasteiger partial charge in [-0.25, -0.2) is 0 Å². The quantitative estimate of drug-likeness (QED) is 0.700. The van der Waals surface area contributed by atoms with Crippen molar-refractivity contribution in [2.24, 2.45) is 11.8 Å². The normalized spacial score (nSPS) is 28.8. The molecule has 1 N–H and O–H groups in total. The minimum absolute atomic E-state index is 0.645. The van der Waals surface area contributed by atoms with Gasteiger partial charge < -0.3 is 10.2 Å². The molecule has 0 spiro atoms. The van der Waals surface area contributed by atoms with Crippen LogP contribution >= 0.6 is 0 Å². The molecule has 1 saturated heterocycles. The standard InChI is InChI=1S/C16H32N2/c1-14(2)17-9-4-3-5-10-18-12-15-7-6-8-16(11-15)13-18/h14-17H,3-13H2,1-2H3. The number of hydrogen-bond donors (Lipinski definition) is 1. The van der Waals surface area contributed by atoms with Crippen molar-refractivity contribution in [2.75, 3.05) is 26.2 Å². The minimum Gasteiger partial charge on any atom is -0.315 e. The van der Waals surface area contributed by atoms with E-state index < -0.39 is 0 Å². The summed E-state index contributed by atoms with van der Waals surface area (Å²) < 4.78 is 0. The zero-order valence-electron chi connectivity index (χ0n) is 12.5. The van der Waals surface area contributed by atoms with Crippen LogP contribution < -0.4 is 5.32 Å². The molecule has 1 heterocycles. The van der Waals surface area contributed by atoms with Crippen LogP contribution in [0.15, 0.2) is 0 Å². The Kier molecular flexibility index (Phi) is 5.97. The molecule has 2 heteroatoms. The van der Waals surface area contributed by atoms with Crippen molar-refractivity contribution in [1.82, 2.24) is 10.2 Å². The maximum Gasteiger partial charge on any atom is 0.00103 e. The highest BCUT2D eigenvalue weighted by atomic mass is 15.1. The summed E-state index contributed by atoms with van der Waals surface area (Å²) in [5.74, 6) is 2.08. The van der Waals surface area contributed by atoms with Crippen LogP contribution in [0.2, 0.25) is 0 Å². The SMILES string of the molecule is CC(C)NCCCCCN1CC2CCCC(C2)C1. The summed E-state index contributed by atoms with van der Waals surface area (Å²) in [5, 5.41) is 3.50. The van der Waals surface area contributed by atoms with Crippen molar-refractivity contribution in [2.45, 2.75) is 64.8 Å². The Morgan fingerprint density at radius 1 is 1.06 bits per heavy atom. The van der Waals surface area contributed by atoms with Crippen LogP contribution in [0.3, 0.4) is 0 Å². The van der Waals surface area contributed by atoms with Gasteiger partial charge in [-0.1, -0.05) is 26.7 Å². The first-order valence-electron chi connectivity index (χ1n) is 8.20. The summed E-state index contributed by atoms with van der Waals surface area (Å²) >= 11 is 0. The first-order valence-corrected chi connectivity index (χ1v) is 8.20. The van der Waals surface area contributed by atoms with E-state index in [4.69, 9.17) is 0 Å². The van der Waals surface area contributed by atoms with Crippen LogP contribution in [-0.2, 0) is 0 Å². The molecule has 0 aromatic rings. The molecule has 0 aromatic carbocycles. The lowest BCUT2D eigenvalue weighted by molar-refractivity contribution is 0.0848. The zero-order chi connectivity index (χ0) is 12.8. The second kappa shape index (κ2) is 7.49. The first kappa shape index (κ1) is 14.3. The topological polar surface area (TPSA) is 15.3 Å². The number of nitrogens with one attached hydrogen (secondary N) is 1. The largest absolute Gasteiger partial charge is 0.315 e. The summed E-state index contributed by atoms with van der Waals surface area (Å²) in [6, 6.07) is 0.645. The van der Waals surface area contributed by atoms with Crippen LogP contribution in [0, 0.1) is 11.8 Å². The molecule has 2 unspecified atom stereocenters. The van der Waals surface area contributed by atoms with Crippen molar-refractivity contribution < 1.29 is 0 Å². The third-order valence-electron chi connectivity index (χ3n) is 4.63. The molecule has 106 valence electrons. The fraction of sp³-hybridized carbons (Fsp3) is 1.00. The molecule has 1 saturated carbocycles. The predicted molar refractivity (Wildman–Crippen MR) is 78.9 cm³/mol. The van der Waals surface area contributed by atoms with Gasteiger partial charge in [0, 0.05) is 19.1 Å². The molecule has 1 aliphatic heterocycles. The number of unbranched alkanes of at least 4 members (excludes halogenated alkanes) is 2. The van der Waals surface area contributed by atoms with Crippen LogP contribution in [0.4, 0.5) is 0 Å². The van der Waals surface area contributed by atoms with Gasteiger partial charge in [0.15, 0.2) is 0 Å². The van der Waals surface area contributed by atoms with Gasteiger partial charge in [-0.3, -0.25) is 0 Å². The second-order valence-corrected chi connectivity index (χ2v) is 6.83. The molecule has 2 rings (SSSR count). The van der Waals surface area contributed by atoms with Crippen molar-refractivity contribution in [3.05, 3.63) is 0 Å². The summed E-state index contributed by atoms with van der Waals surface area (Å²) in [7, 11) is 0. The van der Waals surface area contributed by atoms with Gasteiger partial charge in [0.2, 0.25) is 0 Å². The van der Waals surface area contributed by atoms with Gasteiger partial charge in [-0.2, -0.15) is 0 Å². The maximum absolute atomic E-state index is 3.50. The average molecular weight is 252 g/mol. The summed E-state index contributed by atoms with van der Waals surface area (Å²) in [6.45, 7) is 9.82. The van der Waals surface area contributed by atoms with E-state index >= 15 is 0 Å². The molecular formula is C16H32N2. The van der Waals surface area contributed by atoms with E-state index in [1.165, 1.54) is 71.1 Å². The monoisotopic (exact) mass is 252 g/mol. The molecule has 18 heavy (non-hydrogen) atoms. The average Bonchev–Trinajstić information content (AvgIpc) is 2.33. The third kappa shape index (κ3) is 4.89. The molecule has 2 aliphatic rings. The van der Waals surface area contributed by atoms with Gasteiger partial charge in [-0.15, -0.1) is 0 Å². The van der Waals surface area contributed by atoms with Crippen LogP contribution in [0.25, 0.3) is 0 Å². The molecular weight excluding hydrogens is 220 g/mol. The number of rotatable bonds is 7. The van der Waals surface area contributed by atoms with Crippen molar-refractivity contribution in [1.29, 1.82) is 0 Å². The molecule has 0 amide bonds. The zero-order valence-corrected chi connectivity index (χ0v) is 12.5. The van der Waals surface area contributed by atoms with Crippen molar-refractivity contribution >= 4 is 0 Å².